The van der Waals surface area contributed by atoms with Crippen molar-refractivity contribution in [1.82, 2.24) is 9.88 Å². The molecule has 0 unspecified atom stereocenters. The Hall–Kier alpha value is -2.39. The van der Waals surface area contributed by atoms with E-state index >= 15 is 0 Å². The zero-order valence-corrected chi connectivity index (χ0v) is 17.3. The van der Waals surface area contributed by atoms with Gasteiger partial charge in [-0.15, -0.1) is 11.3 Å². The molecule has 1 fully saturated rings. The number of ether oxygens (including phenoxy) is 1. The van der Waals surface area contributed by atoms with Gasteiger partial charge in [-0.2, -0.15) is 0 Å². The van der Waals surface area contributed by atoms with Gasteiger partial charge in [0.25, 0.3) is 11.1 Å². The highest BCUT2D eigenvalue weighted by molar-refractivity contribution is 8.13. The second-order valence-electron chi connectivity index (χ2n) is 6.25. The maximum absolute atomic E-state index is 12.3. The van der Waals surface area contributed by atoms with Crippen LogP contribution in [0.25, 0.3) is 11.3 Å². The van der Waals surface area contributed by atoms with Gasteiger partial charge < -0.3 is 9.64 Å². The van der Waals surface area contributed by atoms with E-state index in [0.29, 0.717) is 17.4 Å². The van der Waals surface area contributed by atoms with Crippen LogP contribution in [0, 0.1) is 0 Å². The Balaban J connectivity index is 1.53. The number of aryl methyl sites for hydroxylation is 1. The number of hydrogen-bond acceptors (Lipinski definition) is 7. The van der Waals surface area contributed by atoms with Crippen molar-refractivity contribution in [2.24, 2.45) is 0 Å². The third-order valence-electron chi connectivity index (χ3n) is 4.23. The Kier molecular flexibility index (Phi) is 6.69. The molecule has 1 aromatic carbocycles. The average Bonchev–Trinajstić information content (AvgIpc) is 3.31. The van der Waals surface area contributed by atoms with Gasteiger partial charge in [-0.25, -0.2) is 4.98 Å². The Morgan fingerprint density at radius 2 is 2.07 bits per heavy atom. The number of esters is 1. The lowest BCUT2D eigenvalue weighted by atomic mass is 10.1. The number of carbonyl (C=O) groups is 3. The van der Waals surface area contributed by atoms with Gasteiger partial charge in [0, 0.05) is 23.2 Å². The van der Waals surface area contributed by atoms with Crippen LogP contribution >= 0.6 is 23.1 Å². The molecule has 0 spiro atoms. The van der Waals surface area contributed by atoms with Crippen molar-refractivity contribution in [1.29, 1.82) is 0 Å². The largest absolute Gasteiger partial charge is 0.451 e. The molecule has 0 bridgehead atoms. The summed E-state index contributed by atoms with van der Waals surface area (Å²) in [6.07, 6.45) is -0.00549. The minimum absolute atomic E-state index is 0.140. The van der Waals surface area contributed by atoms with Gasteiger partial charge in [-0.1, -0.05) is 43.0 Å². The number of rotatable bonds is 7. The van der Waals surface area contributed by atoms with Crippen LogP contribution in [0.1, 0.15) is 19.4 Å². The van der Waals surface area contributed by atoms with Gasteiger partial charge >= 0.3 is 5.97 Å². The maximum Gasteiger partial charge on any atom is 0.326 e. The summed E-state index contributed by atoms with van der Waals surface area (Å²) in [5.74, 6) is -0.401. The molecule has 0 saturated carbocycles. The van der Waals surface area contributed by atoms with Crippen molar-refractivity contribution in [3.63, 3.8) is 0 Å². The van der Waals surface area contributed by atoms with Crippen LogP contribution in [-0.4, -0.2) is 51.9 Å². The molecule has 3 rings (SSSR count). The number of carbonyl (C=O) groups excluding carboxylic acids is 3. The second-order valence-corrected chi connectivity index (χ2v) is 8.15. The summed E-state index contributed by atoms with van der Waals surface area (Å²) in [7, 11) is 0. The van der Waals surface area contributed by atoms with Crippen LogP contribution in [0.4, 0.5) is 9.93 Å². The first kappa shape index (κ1) is 20.3. The molecule has 1 aliphatic heterocycles. The number of amides is 2. The molecule has 0 aliphatic carbocycles. The number of hydrogen-bond donors (Lipinski definition) is 1. The fourth-order valence-corrected chi connectivity index (χ4v) is 4.14. The summed E-state index contributed by atoms with van der Waals surface area (Å²) >= 11 is 2.48. The van der Waals surface area contributed by atoms with Crippen molar-refractivity contribution in [3.05, 3.63) is 35.2 Å². The van der Waals surface area contributed by atoms with Crippen molar-refractivity contribution in [3.8, 4) is 11.3 Å². The monoisotopic (exact) mass is 419 g/mol. The van der Waals surface area contributed by atoms with E-state index in [2.05, 4.69) is 29.4 Å². The fourth-order valence-electron chi connectivity index (χ4n) is 2.60. The fraction of sp³-hybridized carbons (Fsp3) is 0.368. The normalized spacial score (nSPS) is 14.8. The number of benzene rings is 1. The summed E-state index contributed by atoms with van der Waals surface area (Å²) in [5, 5.41) is 4.83. The summed E-state index contributed by atoms with van der Waals surface area (Å²) in [6, 6.07) is 8.11. The number of aromatic nitrogens is 1. The van der Waals surface area contributed by atoms with Gasteiger partial charge in [-0.05, 0) is 18.9 Å². The van der Waals surface area contributed by atoms with Crippen LogP contribution in [0.15, 0.2) is 29.6 Å². The maximum atomic E-state index is 12.3. The molecule has 1 aliphatic rings. The number of nitrogens with zero attached hydrogens (tertiary/aromatic N) is 2. The molecule has 1 aromatic heterocycles. The zero-order chi connectivity index (χ0) is 20.1. The van der Waals surface area contributed by atoms with Gasteiger partial charge in [0.15, 0.2) is 11.2 Å². The number of thioether (sulfide) groups is 1. The molecule has 1 atom stereocenters. The zero-order valence-electron chi connectivity index (χ0n) is 15.6. The molecule has 28 heavy (non-hydrogen) atoms. The van der Waals surface area contributed by atoms with Crippen molar-refractivity contribution < 1.29 is 19.1 Å². The van der Waals surface area contributed by atoms with E-state index in [1.807, 2.05) is 17.5 Å². The molecule has 148 valence electrons. The third kappa shape index (κ3) is 5.11. The van der Waals surface area contributed by atoms with E-state index in [9.17, 15) is 14.4 Å². The summed E-state index contributed by atoms with van der Waals surface area (Å²) in [5.41, 5.74) is 3.00. The Bertz CT molecular complexity index is 866. The quantitative estimate of drug-likeness (QED) is 0.692. The molecular weight excluding hydrogens is 398 g/mol. The highest BCUT2D eigenvalue weighted by atomic mass is 32.2. The van der Waals surface area contributed by atoms with Gasteiger partial charge in [-0.3, -0.25) is 19.7 Å². The standard InChI is InChI=1S/C19H21N3O4S2/c1-3-13-4-6-14(7-5-13)15-11-28-18(20-15)21-17(24)12(2)26-16(23)10-22-8-9-27-19(22)25/h4-7,11-12H,3,8-10H2,1-2H3,(H,20,21,24)/t12-/m1/s1. The molecule has 2 aromatic rings. The van der Waals surface area contributed by atoms with Crippen LogP contribution < -0.4 is 5.32 Å². The number of anilines is 1. The first-order valence-electron chi connectivity index (χ1n) is 8.93. The van der Waals surface area contributed by atoms with Gasteiger partial charge in [0.1, 0.15) is 6.54 Å². The molecule has 1 saturated heterocycles. The molecule has 0 radical (unpaired) electrons. The van der Waals surface area contributed by atoms with Gasteiger partial charge in [0.05, 0.1) is 5.69 Å². The Labute approximate surface area is 171 Å². The molecule has 1 N–H and O–H groups in total. The summed E-state index contributed by atoms with van der Waals surface area (Å²) < 4.78 is 5.13. The van der Waals surface area contributed by atoms with Crippen LogP contribution in [0.5, 0.6) is 0 Å². The second kappa shape index (κ2) is 9.20. The Morgan fingerprint density at radius 3 is 2.71 bits per heavy atom. The minimum Gasteiger partial charge on any atom is -0.451 e. The number of nitrogens with one attached hydrogen (secondary N) is 1. The lowest BCUT2D eigenvalue weighted by Crippen LogP contribution is -2.36. The molecule has 7 nitrogen and oxygen atoms in total. The van der Waals surface area contributed by atoms with E-state index < -0.39 is 18.0 Å². The molecular formula is C19H21N3O4S2. The lowest BCUT2D eigenvalue weighted by molar-refractivity contribution is -0.153. The van der Waals surface area contributed by atoms with Gasteiger partial charge in [0.2, 0.25) is 0 Å². The van der Waals surface area contributed by atoms with Crippen molar-refractivity contribution in [2.75, 3.05) is 24.2 Å². The first-order chi connectivity index (χ1) is 13.5. The minimum atomic E-state index is -0.978. The predicted molar refractivity (Wildman–Crippen MR) is 111 cm³/mol. The first-order valence-corrected chi connectivity index (χ1v) is 10.8. The topological polar surface area (TPSA) is 88.6 Å². The molecule has 2 heterocycles. The molecule has 2 amide bonds. The smallest absolute Gasteiger partial charge is 0.326 e. The SMILES string of the molecule is CCc1ccc(-c2csc(NC(=O)[C@@H](C)OC(=O)CN3CCSC3=O)n2)cc1. The van der Waals surface area contributed by atoms with Crippen molar-refractivity contribution >= 4 is 45.3 Å². The third-order valence-corrected chi connectivity index (χ3v) is 5.88. The van der Waals surface area contributed by atoms with E-state index in [1.54, 1.807) is 0 Å². The average molecular weight is 420 g/mol. The van der Waals surface area contributed by atoms with E-state index in [0.717, 1.165) is 17.7 Å². The van der Waals surface area contributed by atoms with Crippen LogP contribution in [-0.2, 0) is 20.7 Å². The van der Waals surface area contributed by atoms with E-state index in [1.165, 1.54) is 40.5 Å². The lowest BCUT2D eigenvalue weighted by Gasteiger charge is -2.16. The highest BCUT2D eigenvalue weighted by Gasteiger charge is 2.26. The summed E-state index contributed by atoms with van der Waals surface area (Å²) in [4.78, 5) is 41.6. The van der Waals surface area contributed by atoms with Crippen molar-refractivity contribution in [2.45, 2.75) is 26.4 Å². The van der Waals surface area contributed by atoms with E-state index in [-0.39, 0.29) is 11.8 Å². The van der Waals surface area contributed by atoms with E-state index in [4.69, 9.17) is 4.74 Å². The molecule has 9 heteroatoms. The summed E-state index contributed by atoms with van der Waals surface area (Å²) in [6.45, 7) is 3.96. The van der Waals surface area contributed by atoms with Crippen LogP contribution in [0.2, 0.25) is 0 Å². The Morgan fingerprint density at radius 1 is 1.32 bits per heavy atom. The highest BCUT2D eigenvalue weighted by Crippen LogP contribution is 2.25. The predicted octanol–water partition coefficient (Wildman–Crippen LogP) is 3.41. The van der Waals surface area contributed by atoms with Crippen LogP contribution in [0.3, 0.4) is 0 Å². The number of thiazole rings is 1.